The summed E-state index contributed by atoms with van der Waals surface area (Å²) in [5.74, 6) is 0. The Hall–Kier alpha value is -1.56. The lowest BCUT2D eigenvalue weighted by atomic mass is 9.88. The second-order valence-electron chi connectivity index (χ2n) is 8.95. The van der Waals surface area contributed by atoms with Gasteiger partial charge in [-0.2, -0.15) is 0 Å². The minimum atomic E-state index is 0. The van der Waals surface area contributed by atoms with Crippen LogP contribution in [-0.2, 0) is 12.8 Å². The molecule has 2 aromatic carbocycles. The van der Waals surface area contributed by atoms with Crippen molar-refractivity contribution in [2.75, 3.05) is 0 Å². The molecule has 0 unspecified atom stereocenters. The fourth-order valence-corrected chi connectivity index (χ4v) is 2.53. The van der Waals surface area contributed by atoms with Gasteiger partial charge in [0.15, 0.2) is 0 Å². The van der Waals surface area contributed by atoms with E-state index in [1.165, 1.54) is 16.7 Å². The predicted octanol–water partition coefficient (Wildman–Crippen LogP) is 8.13. The molecule has 0 heterocycles. The molecule has 0 saturated heterocycles. The van der Waals surface area contributed by atoms with Crippen LogP contribution in [-0.4, -0.2) is 0 Å². The molecular weight excluding hydrogens is 300 g/mol. The maximum absolute atomic E-state index is 2.27. The SMILES string of the molecule is C.C.CC(C)(C)Cc1ccccc1.Cc1ccc(CC(C)(C)C)cc1. The van der Waals surface area contributed by atoms with Crippen LogP contribution in [0.3, 0.4) is 0 Å². The molecule has 0 amide bonds. The lowest BCUT2D eigenvalue weighted by molar-refractivity contribution is 0.411. The number of hydrogen-bond donors (Lipinski definition) is 0. The van der Waals surface area contributed by atoms with E-state index in [0.29, 0.717) is 10.8 Å². The highest BCUT2D eigenvalue weighted by atomic mass is 14.2. The van der Waals surface area contributed by atoms with Crippen molar-refractivity contribution in [2.45, 2.75) is 76.2 Å². The van der Waals surface area contributed by atoms with Gasteiger partial charge in [0, 0.05) is 0 Å². The second kappa shape index (κ2) is 11.1. The minimum absolute atomic E-state index is 0. The molecular formula is C25H42. The number of aryl methyl sites for hydroxylation is 1. The molecule has 0 nitrogen and oxygen atoms in total. The summed E-state index contributed by atoms with van der Waals surface area (Å²) in [5.41, 5.74) is 5.01. The first kappa shape index (κ1) is 25.7. The standard InChI is InChI=1S/C12H18.C11H16.2CH4/c1-10-5-7-11(8-6-10)9-12(2,3)4;1-11(2,3)9-10-7-5-4-6-8-10;;/h5-8H,9H2,1-4H3;4-8H,9H2,1-3H3;2*1H4. The Kier molecular flexibility index (Phi) is 11.4. The van der Waals surface area contributed by atoms with Crippen molar-refractivity contribution in [1.29, 1.82) is 0 Å². The molecule has 0 radical (unpaired) electrons. The van der Waals surface area contributed by atoms with E-state index in [2.05, 4.69) is 103 Å². The van der Waals surface area contributed by atoms with Crippen molar-refractivity contribution in [3.8, 4) is 0 Å². The van der Waals surface area contributed by atoms with Gasteiger partial charge in [0.25, 0.3) is 0 Å². The van der Waals surface area contributed by atoms with E-state index in [1.54, 1.807) is 0 Å². The fourth-order valence-electron chi connectivity index (χ4n) is 2.53. The van der Waals surface area contributed by atoms with Gasteiger partial charge in [-0.25, -0.2) is 0 Å². The van der Waals surface area contributed by atoms with E-state index in [1.807, 2.05) is 0 Å². The monoisotopic (exact) mass is 342 g/mol. The number of hydrogen-bond acceptors (Lipinski definition) is 0. The topological polar surface area (TPSA) is 0 Å². The van der Waals surface area contributed by atoms with Crippen LogP contribution in [0, 0.1) is 17.8 Å². The third-order valence-corrected chi connectivity index (χ3v) is 3.43. The molecule has 0 saturated carbocycles. The van der Waals surface area contributed by atoms with Gasteiger partial charge in [0.05, 0.1) is 0 Å². The molecule has 0 heteroatoms. The first-order chi connectivity index (χ1) is 10.6. The van der Waals surface area contributed by atoms with Crippen LogP contribution >= 0.6 is 0 Å². The summed E-state index contributed by atoms with van der Waals surface area (Å²) < 4.78 is 0. The van der Waals surface area contributed by atoms with Crippen LogP contribution in [0.1, 0.15) is 73.1 Å². The van der Waals surface area contributed by atoms with Crippen LogP contribution < -0.4 is 0 Å². The molecule has 0 spiro atoms. The summed E-state index contributed by atoms with van der Waals surface area (Å²) in [5, 5.41) is 0. The smallest absolute Gasteiger partial charge is 0.0230 e. The van der Waals surface area contributed by atoms with Gasteiger partial charge in [-0.1, -0.05) is 117 Å². The molecule has 0 aromatic heterocycles. The Labute approximate surface area is 158 Å². The number of rotatable bonds is 2. The van der Waals surface area contributed by atoms with E-state index in [-0.39, 0.29) is 14.9 Å². The highest BCUT2D eigenvalue weighted by Crippen LogP contribution is 2.20. The summed E-state index contributed by atoms with van der Waals surface area (Å²) >= 11 is 0. The van der Waals surface area contributed by atoms with Crippen molar-refractivity contribution in [1.82, 2.24) is 0 Å². The average molecular weight is 343 g/mol. The van der Waals surface area contributed by atoms with Crippen LogP contribution in [0.2, 0.25) is 0 Å². The van der Waals surface area contributed by atoms with Crippen molar-refractivity contribution in [3.05, 3.63) is 71.3 Å². The van der Waals surface area contributed by atoms with Crippen LogP contribution in [0.4, 0.5) is 0 Å². The fraction of sp³-hybridized carbons (Fsp3) is 0.520. The normalized spacial score (nSPS) is 10.7. The first-order valence-corrected chi connectivity index (χ1v) is 8.65. The third-order valence-electron chi connectivity index (χ3n) is 3.43. The van der Waals surface area contributed by atoms with Gasteiger partial charge in [-0.3, -0.25) is 0 Å². The van der Waals surface area contributed by atoms with Crippen LogP contribution in [0.25, 0.3) is 0 Å². The highest BCUT2D eigenvalue weighted by Gasteiger charge is 2.10. The van der Waals surface area contributed by atoms with Crippen molar-refractivity contribution in [2.24, 2.45) is 10.8 Å². The highest BCUT2D eigenvalue weighted by molar-refractivity contribution is 5.22. The predicted molar refractivity (Wildman–Crippen MR) is 117 cm³/mol. The van der Waals surface area contributed by atoms with Crippen molar-refractivity contribution < 1.29 is 0 Å². The zero-order valence-corrected chi connectivity index (χ0v) is 16.1. The quantitative estimate of drug-likeness (QED) is 0.516. The molecule has 0 aliphatic rings. The van der Waals surface area contributed by atoms with Crippen LogP contribution in [0.15, 0.2) is 54.6 Å². The molecule has 142 valence electrons. The molecule has 2 aromatic rings. The van der Waals surface area contributed by atoms with E-state index < -0.39 is 0 Å². The Morgan fingerprint density at radius 2 is 0.920 bits per heavy atom. The minimum Gasteiger partial charge on any atom is -0.0776 e. The molecule has 0 aliphatic carbocycles. The number of benzene rings is 2. The van der Waals surface area contributed by atoms with Crippen LogP contribution in [0.5, 0.6) is 0 Å². The first-order valence-electron chi connectivity index (χ1n) is 8.65. The lowest BCUT2D eigenvalue weighted by Gasteiger charge is -2.17. The van der Waals surface area contributed by atoms with Gasteiger partial charge in [-0.05, 0) is 41.7 Å². The maximum Gasteiger partial charge on any atom is -0.0230 e. The average Bonchev–Trinajstić information content (AvgIpc) is 2.40. The lowest BCUT2D eigenvalue weighted by Crippen LogP contribution is -2.08. The van der Waals surface area contributed by atoms with Crippen molar-refractivity contribution in [3.63, 3.8) is 0 Å². The van der Waals surface area contributed by atoms with E-state index in [4.69, 9.17) is 0 Å². The molecule has 0 N–H and O–H groups in total. The van der Waals surface area contributed by atoms with Gasteiger partial charge in [0.1, 0.15) is 0 Å². The third kappa shape index (κ3) is 13.4. The zero-order chi connectivity index (χ0) is 17.5. The molecule has 0 atom stereocenters. The largest absolute Gasteiger partial charge is 0.0776 e. The Morgan fingerprint density at radius 1 is 0.560 bits per heavy atom. The van der Waals surface area contributed by atoms with Crippen molar-refractivity contribution >= 4 is 0 Å². The van der Waals surface area contributed by atoms with E-state index in [0.717, 1.165) is 12.8 Å². The Bertz CT molecular complexity index is 548. The molecule has 25 heavy (non-hydrogen) atoms. The van der Waals surface area contributed by atoms with Gasteiger partial charge in [0.2, 0.25) is 0 Å². The molecule has 0 aliphatic heterocycles. The summed E-state index contributed by atoms with van der Waals surface area (Å²) in [7, 11) is 0. The zero-order valence-electron chi connectivity index (χ0n) is 16.1. The van der Waals surface area contributed by atoms with Gasteiger partial charge in [-0.15, -0.1) is 0 Å². The van der Waals surface area contributed by atoms with E-state index >= 15 is 0 Å². The summed E-state index contributed by atoms with van der Waals surface area (Å²) in [6, 6.07) is 19.4. The Morgan fingerprint density at radius 3 is 1.28 bits per heavy atom. The van der Waals surface area contributed by atoms with Gasteiger partial charge >= 0.3 is 0 Å². The summed E-state index contributed by atoms with van der Waals surface area (Å²) in [4.78, 5) is 0. The van der Waals surface area contributed by atoms with Gasteiger partial charge < -0.3 is 0 Å². The molecule has 2 rings (SSSR count). The molecule has 0 fully saturated rings. The molecule has 0 bridgehead atoms. The van der Waals surface area contributed by atoms with E-state index in [9.17, 15) is 0 Å². The summed E-state index contributed by atoms with van der Waals surface area (Å²) in [6.45, 7) is 15.7. The second-order valence-corrected chi connectivity index (χ2v) is 8.95. The Balaban J connectivity index is 0. The summed E-state index contributed by atoms with van der Waals surface area (Å²) in [6.07, 6.45) is 2.32. The maximum atomic E-state index is 2.27.